The highest BCUT2D eigenvalue weighted by atomic mass is 79.9. The molecule has 1 unspecified atom stereocenters. The molecule has 2 aromatic rings. The molecule has 20 heavy (non-hydrogen) atoms. The smallest absolute Gasteiger partial charge is 0.254 e. The van der Waals surface area contributed by atoms with Crippen LogP contribution in [-0.4, -0.2) is 5.91 Å². The number of amides is 1. The lowest BCUT2D eigenvalue weighted by molar-refractivity contribution is 0.0935. The summed E-state index contributed by atoms with van der Waals surface area (Å²) < 4.78 is 27.3. The minimum absolute atomic E-state index is 0.0450. The fourth-order valence-corrected chi connectivity index (χ4v) is 2.14. The molecule has 0 fully saturated rings. The molecule has 1 atom stereocenters. The van der Waals surface area contributed by atoms with Crippen molar-refractivity contribution in [2.24, 2.45) is 0 Å². The fraction of sp³-hybridized carbons (Fsp3) is 0.133. The molecule has 1 N–H and O–H groups in total. The molecule has 0 aromatic heterocycles. The van der Waals surface area contributed by atoms with Gasteiger partial charge in [-0.25, -0.2) is 8.78 Å². The Labute approximate surface area is 123 Å². The third kappa shape index (κ3) is 3.42. The van der Waals surface area contributed by atoms with Crippen LogP contribution in [0.15, 0.2) is 46.9 Å². The predicted octanol–water partition coefficient (Wildman–Crippen LogP) is 4.22. The maximum atomic E-state index is 13.7. The van der Waals surface area contributed by atoms with Crippen LogP contribution in [0.2, 0.25) is 0 Å². The van der Waals surface area contributed by atoms with Crippen molar-refractivity contribution in [1.82, 2.24) is 5.32 Å². The highest BCUT2D eigenvalue weighted by Gasteiger charge is 2.15. The van der Waals surface area contributed by atoms with Crippen LogP contribution in [0.3, 0.4) is 0 Å². The van der Waals surface area contributed by atoms with Crippen LogP contribution >= 0.6 is 15.9 Å². The Morgan fingerprint density at radius 1 is 1.20 bits per heavy atom. The molecule has 2 aromatic carbocycles. The minimum atomic E-state index is -0.608. The van der Waals surface area contributed by atoms with E-state index in [1.165, 1.54) is 24.3 Å². The monoisotopic (exact) mass is 339 g/mol. The van der Waals surface area contributed by atoms with Gasteiger partial charge in [0.25, 0.3) is 5.91 Å². The molecule has 0 aliphatic rings. The lowest BCUT2D eigenvalue weighted by atomic mass is 10.1. The number of rotatable bonds is 3. The molecule has 0 saturated carbocycles. The molecule has 0 radical (unpaired) electrons. The quantitative estimate of drug-likeness (QED) is 0.891. The first-order valence-electron chi connectivity index (χ1n) is 5.99. The lowest BCUT2D eigenvalue weighted by Crippen LogP contribution is -2.27. The van der Waals surface area contributed by atoms with Gasteiger partial charge >= 0.3 is 0 Å². The SMILES string of the molecule is CC(NC(=O)c1ccc(Br)cc1F)c1cccc(F)c1. The molecule has 0 spiro atoms. The number of carbonyl (C=O) groups excluding carboxylic acids is 1. The first-order valence-corrected chi connectivity index (χ1v) is 6.78. The summed E-state index contributed by atoms with van der Waals surface area (Å²) in [5.74, 6) is -1.52. The number of halogens is 3. The summed E-state index contributed by atoms with van der Waals surface area (Å²) in [4.78, 5) is 12.0. The molecule has 0 heterocycles. The summed E-state index contributed by atoms with van der Waals surface area (Å²) in [5.41, 5.74) is 0.576. The second-order valence-electron chi connectivity index (χ2n) is 4.37. The van der Waals surface area contributed by atoms with Gasteiger partial charge in [0.1, 0.15) is 11.6 Å². The molecule has 2 nitrogen and oxygen atoms in total. The van der Waals surface area contributed by atoms with Gasteiger partial charge in [0.05, 0.1) is 11.6 Å². The summed E-state index contributed by atoms with van der Waals surface area (Å²) in [7, 11) is 0. The zero-order valence-corrected chi connectivity index (χ0v) is 12.2. The Bertz CT molecular complexity index is 646. The number of benzene rings is 2. The van der Waals surface area contributed by atoms with E-state index in [4.69, 9.17) is 0 Å². The van der Waals surface area contributed by atoms with Crippen LogP contribution in [-0.2, 0) is 0 Å². The standard InChI is InChI=1S/C15H12BrF2NO/c1-9(10-3-2-4-12(17)7-10)19-15(20)13-6-5-11(16)8-14(13)18/h2-9H,1H3,(H,19,20). The van der Waals surface area contributed by atoms with Gasteiger partial charge in [-0.1, -0.05) is 28.1 Å². The fourth-order valence-electron chi connectivity index (χ4n) is 1.81. The maximum Gasteiger partial charge on any atom is 0.254 e. The maximum absolute atomic E-state index is 13.7. The van der Waals surface area contributed by atoms with Crippen molar-refractivity contribution in [2.45, 2.75) is 13.0 Å². The lowest BCUT2D eigenvalue weighted by Gasteiger charge is -2.14. The minimum Gasteiger partial charge on any atom is -0.345 e. The van der Waals surface area contributed by atoms with Gasteiger partial charge < -0.3 is 5.32 Å². The molecular weight excluding hydrogens is 328 g/mol. The van der Waals surface area contributed by atoms with Gasteiger partial charge in [-0.15, -0.1) is 0 Å². The van der Waals surface area contributed by atoms with Crippen molar-refractivity contribution in [2.75, 3.05) is 0 Å². The van der Waals surface area contributed by atoms with E-state index in [2.05, 4.69) is 21.2 Å². The number of carbonyl (C=O) groups is 1. The van der Waals surface area contributed by atoms with E-state index in [-0.39, 0.29) is 11.4 Å². The van der Waals surface area contributed by atoms with Crippen LogP contribution in [0, 0.1) is 11.6 Å². The molecule has 5 heteroatoms. The van der Waals surface area contributed by atoms with E-state index in [1.54, 1.807) is 25.1 Å². The summed E-state index contributed by atoms with van der Waals surface area (Å²) >= 11 is 3.13. The van der Waals surface area contributed by atoms with Crippen LogP contribution in [0.25, 0.3) is 0 Å². The van der Waals surface area contributed by atoms with Gasteiger partial charge in [0, 0.05) is 4.47 Å². The van der Waals surface area contributed by atoms with Gasteiger partial charge in [0.2, 0.25) is 0 Å². The third-order valence-electron chi connectivity index (χ3n) is 2.87. The molecule has 2 rings (SSSR count). The van der Waals surface area contributed by atoms with E-state index >= 15 is 0 Å². The average molecular weight is 340 g/mol. The highest BCUT2D eigenvalue weighted by molar-refractivity contribution is 9.10. The van der Waals surface area contributed by atoms with E-state index < -0.39 is 17.8 Å². The Morgan fingerprint density at radius 3 is 2.60 bits per heavy atom. The van der Waals surface area contributed by atoms with Gasteiger partial charge in [-0.2, -0.15) is 0 Å². The first-order chi connectivity index (χ1) is 9.47. The van der Waals surface area contributed by atoms with Crippen molar-refractivity contribution in [1.29, 1.82) is 0 Å². The second kappa shape index (κ2) is 6.13. The molecule has 1 amide bonds. The van der Waals surface area contributed by atoms with Gasteiger partial charge in [-0.3, -0.25) is 4.79 Å². The van der Waals surface area contributed by atoms with E-state index in [1.807, 2.05) is 0 Å². The van der Waals surface area contributed by atoms with E-state index in [0.717, 1.165) is 0 Å². The summed E-state index contributed by atoms with van der Waals surface area (Å²) in [6, 6.07) is 9.72. The van der Waals surface area contributed by atoms with Crippen molar-refractivity contribution < 1.29 is 13.6 Å². The molecule has 0 aliphatic heterocycles. The molecule has 104 valence electrons. The molecule has 0 bridgehead atoms. The van der Waals surface area contributed by atoms with Crippen molar-refractivity contribution >= 4 is 21.8 Å². The zero-order valence-electron chi connectivity index (χ0n) is 10.7. The van der Waals surface area contributed by atoms with Crippen molar-refractivity contribution in [3.63, 3.8) is 0 Å². The first kappa shape index (κ1) is 14.7. The Morgan fingerprint density at radius 2 is 1.95 bits per heavy atom. The molecule has 0 aliphatic carbocycles. The summed E-state index contributed by atoms with van der Waals surface area (Å²) in [5, 5.41) is 2.64. The van der Waals surface area contributed by atoms with Crippen LogP contribution in [0.4, 0.5) is 8.78 Å². The van der Waals surface area contributed by atoms with Crippen LogP contribution < -0.4 is 5.32 Å². The number of hydrogen-bond acceptors (Lipinski definition) is 1. The topological polar surface area (TPSA) is 29.1 Å². The van der Waals surface area contributed by atoms with Crippen LogP contribution in [0.5, 0.6) is 0 Å². The van der Waals surface area contributed by atoms with Crippen molar-refractivity contribution in [3.05, 3.63) is 69.7 Å². The Hall–Kier alpha value is -1.75. The molecule has 0 saturated heterocycles. The zero-order chi connectivity index (χ0) is 14.7. The van der Waals surface area contributed by atoms with Gasteiger partial charge in [-0.05, 0) is 42.8 Å². The average Bonchev–Trinajstić information content (AvgIpc) is 2.38. The third-order valence-corrected chi connectivity index (χ3v) is 3.37. The van der Waals surface area contributed by atoms with Crippen LogP contribution in [0.1, 0.15) is 28.9 Å². The summed E-state index contributed by atoms with van der Waals surface area (Å²) in [6.45, 7) is 1.71. The highest BCUT2D eigenvalue weighted by Crippen LogP contribution is 2.18. The van der Waals surface area contributed by atoms with E-state index in [0.29, 0.717) is 10.0 Å². The largest absolute Gasteiger partial charge is 0.345 e. The normalized spacial score (nSPS) is 12.0. The van der Waals surface area contributed by atoms with Gasteiger partial charge in [0.15, 0.2) is 0 Å². The van der Waals surface area contributed by atoms with Crippen molar-refractivity contribution in [3.8, 4) is 0 Å². The number of nitrogens with one attached hydrogen (secondary N) is 1. The summed E-state index contributed by atoms with van der Waals surface area (Å²) in [6.07, 6.45) is 0. The number of hydrogen-bond donors (Lipinski definition) is 1. The molecular formula is C15H12BrF2NO. The Kier molecular flexibility index (Phi) is 4.49. The second-order valence-corrected chi connectivity index (χ2v) is 5.29. The predicted molar refractivity (Wildman–Crippen MR) is 76.4 cm³/mol. The Balaban J connectivity index is 2.15. The van der Waals surface area contributed by atoms with E-state index in [9.17, 15) is 13.6 Å².